The lowest BCUT2D eigenvalue weighted by molar-refractivity contribution is -0.137. The van der Waals surface area contributed by atoms with Crippen molar-refractivity contribution in [1.82, 2.24) is 19.5 Å². The number of hydrogen-bond donors (Lipinski definition) is 0. The molecule has 0 saturated carbocycles. The van der Waals surface area contributed by atoms with Gasteiger partial charge in [0, 0.05) is 33.2 Å². The minimum atomic E-state index is -4.45. The number of nitrogens with zero attached hydrogens (tertiary/aromatic N) is 4. The molecule has 0 radical (unpaired) electrons. The summed E-state index contributed by atoms with van der Waals surface area (Å²) in [5, 5.41) is 2.27. The third-order valence-corrected chi connectivity index (χ3v) is 8.80. The minimum absolute atomic E-state index is 0.419. The fourth-order valence-corrected chi connectivity index (χ4v) is 6.40. The monoisotopic (exact) mass is 646 g/mol. The first kappa shape index (κ1) is 30.3. The third-order valence-electron chi connectivity index (χ3n) is 8.80. The molecule has 0 amide bonds. The Kier molecular flexibility index (Phi) is 7.33. The van der Waals surface area contributed by atoms with Gasteiger partial charge in [-0.3, -0.25) is 0 Å². The highest BCUT2D eigenvalue weighted by atomic mass is 19.4. The van der Waals surface area contributed by atoms with Crippen LogP contribution in [0, 0.1) is 13.8 Å². The highest BCUT2D eigenvalue weighted by Crippen LogP contribution is 2.39. The molecule has 0 fully saturated rings. The second-order valence-electron chi connectivity index (χ2n) is 12.2. The Labute approximate surface area is 281 Å². The topological polar surface area (TPSA) is 43.6 Å². The molecule has 0 unspecified atom stereocenters. The van der Waals surface area contributed by atoms with E-state index in [1.54, 1.807) is 0 Å². The minimum Gasteiger partial charge on any atom is -0.309 e. The van der Waals surface area contributed by atoms with Crippen LogP contribution < -0.4 is 0 Å². The van der Waals surface area contributed by atoms with Crippen LogP contribution in [0.3, 0.4) is 0 Å². The summed E-state index contributed by atoms with van der Waals surface area (Å²) in [6, 6.07) is 43.4. The van der Waals surface area contributed by atoms with Gasteiger partial charge >= 0.3 is 6.18 Å². The van der Waals surface area contributed by atoms with Crippen molar-refractivity contribution in [3.8, 4) is 51.0 Å². The van der Waals surface area contributed by atoms with Gasteiger partial charge < -0.3 is 4.57 Å². The zero-order valence-corrected chi connectivity index (χ0v) is 26.7. The Morgan fingerprint density at radius 3 is 1.49 bits per heavy atom. The predicted molar refractivity (Wildman–Crippen MR) is 190 cm³/mol. The van der Waals surface area contributed by atoms with Crippen LogP contribution in [-0.4, -0.2) is 19.5 Å². The number of aromatic nitrogens is 4. The fourth-order valence-electron chi connectivity index (χ4n) is 6.40. The van der Waals surface area contributed by atoms with Gasteiger partial charge in [-0.25, -0.2) is 15.0 Å². The molecule has 0 aliphatic rings. The van der Waals surface area contributed by atoms with Crippen molar-refractivity contribution in [2.24, 2.45) is 0 Å². The first-order valence-electron chi connectivity index (χ1n) is 15.9. The number of aryl methyl sites for hydroxylation is 2. The van der Waals surface area contributed by atoms with Gasteiger partial charge in [-0.05, 0) is 79.6 Å². The van der Waals surface area contributed by atoms with Crippen molar-refractivity contribution in [1.29, 1.82) is 0 Å². The third kappa shape index (κ3) is 5.63. The molecule has 8 rings (SSSR count). The molecule has 0 spiro atoms. The van der Waals surface area contributed by atoms with E-state index in [-0.39, 0.29) is 0 Å². The zero-order chi connectivity index (χ0) is 33.7. The van der Waals surface area contributed by atoms with Gasteiger partial charge in [-0.1, -0.05) is 96.1 Å². The maximum atomic E-state index is 13.7. The van der Waals surface area contributed by atoms with Gasteiger partial charge in [0.05, 0.1) is 16.6 Å². The van der Waals surface area contributed by atoms with Gasteiger partial charge in [-0.15, -0.1) is 0 Å². The number of benzene rings is 6. The quantitative estimate of drug-likeness (QED) is 0.187. The summed E-state index contributed by atoms with van der Waals surface area (Å²) in [5.74, 6) is 1.42. The number of rotatable bonds is 5. The van der Waals surface area contributed by atoms with Crippen LogP contribution in [-0.2, 0) is 6.18 Å². The van der Waals surface area contributed by atoms with E-state index in [9.17, 15) is 13.2 Å². The van der Waals surface area contributed by atoms with Crippen LogP contribution in [0.15, 0.2) is 140 Å². The molecule has 2 aromatic heterocycles. The van der Waals surface area contributed by atoms with Crippen molar-refractivity contribution in [2.45, 2.75) is 20.0 Å². The van der Waals surface area contributed by atoms with E-state index in [4.69, 9.17) is 15.0 Å². The van der Waals surface area contributed by atoms with Crippen LogP contribution in [0.4, 0.5) is 13.2 Å². The van der Waals surface area contributed by atoms with E-state index in [0.29, 0.717) is 34.2 Å². The number of hydrogen-bond acceptors (Lipinski definition) is 3. The molecule has 0 N–H and O–H groups in total. The lowest BCUT2D eigenvalue weighted by atomic mass is 9.97. The molecule has 0 saturated heterocycles. The van der Waals surface area contributed by atoms with Crippen molar-refractivity contribution in [3.63, 3.8) is 0 Å². The largest absolute Gasteiger partial charge is 0.416 e. The first-order chi connectivity index (χ1) is 23.7. The normalized spacial score (nSPS) is 11.8. The van der Waals surface area contributed by atoms with Crippen molar-refractivity contribution >= 4 is 21.8 Å². The second kappa shape index (κ2) is 11.9. The lowest BCUT2D eigenvalue weighted by Crippen LogP contribution is -2.04. The average Bonchev–Trinajstić information content (AvgIpc) is 3.44. The zero-order valence-electron chi connectivity index (χ0n) is 26.7. The number of halogens is 3. The second-order valence-corrected chi connectivity index (χ2v) is 12.2. The highest BCUT2D eigenvalue weighted by molar-refractivity contribution is 6.10. The summed E-state index contributed by atoms with van der Waals surface area (Å²) in [5.41, 5.74) is 8.19. The molecule has 6 aromatic carbocycles. The van der Waals surface area contributed by atoms with Gasteiger partial charge in [0.15, 0.2) is 17.5 Å². The summed E-state index contributed by atoms with van der Waals surface area (Å²) in [6.45, 7) is 4.16. The van der Waals surface area contributed by atoms with Crippen LogP contribution in [0.25, 0.3) is 72.8 Å². The standard InChI is InChI=1S/C42H29F3N4/c1-26-13-21-37-35(23-26)36-24-27(2)14-22-38(36)49(37)32-19-20-33(34(25-32)28-15-17-31(18-16-28)42(43,44)45)41-47-39(29-9-5-3-6-10-29)46-40(48-41)30-11-7-4-8-12-30/h3-25H,1-2H3. The smallest absolute Gasteiger partial charge is 0.309 e. The molecule has 0 aliphatic carbocycles. The Morgan fingerprint density at radius 2 is 0.980 bits per heavy atom. The molecule has 49 heavy (non-hydrogen) atoms. The van der Waals surface area contributed by atoms with Crippen molar-refractivity contribution in [2.75, 3.05) is 0 Å². The summed E-state index contributed by atoms with van der Waals surface area (Å²) in [7, 11) is 0. The molecule has 0 aliphatic heterocycles. The Hall–Kier alpha value is -6.08. The predicted octanol–water partition coefficient (Wildman–Crippen LogP) is 11.3. The molecular weight excluding hydrogens is 617 g/mol. The van der Waals surface area contributed by atoms with E-state index in [1.807, 2.05) is 78.9 Å². The van der Waals surface area contributed by atoms with Gasteiger partial charge in [-0.2, -0.15) is 13.2 Å². The lowest BCUT2D eigenvalue weighted by Gasteiger charge is -2.16. The van der Waals surface area contributed by atoms with E-state index in [2.05, 4.69) is 54.8 Å². The van der Waals surface area contributed by atoms with Gasteiger partial charge in [0.25, 0.3) is 0 Å². The van der Waals surface area contributed by atoms with Crippen molar-refractivity contribution in [3.05, 3.63) is 156 Å². The average molecular weight is 647 g/mol. The fraction of sp³-hybridized carbons (Fsp3) is 0.0714. The summed E-state index contributed by atoms with van der Waals surface area (Å²) in [4.78, 5) is 14.7. The van der Waals surface area contributed by atoms with E-state index in [1.165, 1.54) is 12.1 Å². The molecule has 0 bridgehead atoms. The van der Waals surface area contributed by atoms with Crippen LogP contribution in [0.1, 0.15) is 16.7 Å². The number of fused-ring (bicyclic) bond motifs is 3. The van der Waals surface area contributed by atoms with E-state index >= 15 is 0 Å². The highest BCUT2D eigenvalue weighted by Gasteiger charge is 2.30. The molecule has 7 heteroatoms. The van der Waals surface area contributed by atoms with Crippen LogP contribution in [0.2, 0.25) is 0 Å². The maximum Gasteiger partial charge on any atom is 0.416 e. The number of alkyl halides is 3. The summed E-state index contributed by atoms with van der Waals surface area (Å²) < 4.78 is 43.2. The molecule has 8 aromatic rings. The van der Waals surface area contributed by atoms with Gasteiger partial charge in [0.2, 0.25) is 0 Å². The SMILES string of the molecule is Cc1ccc2c(c1)c1cc(C)ccc1n2-c1ccc(-c2nc(-c3ccccc3)nc(-c3ccccc3)n2)c(-c2ccc(C(F)(F)F)cc2)c1. The Bertz CT molecular complexity index is 2370. The van der Waals surface area contributed by atoms with Crippen LogP contribution >= 0.6 is 0 Å². The molecular formula is C42H29F3N4. The van der Waals surface area contributed by atoms with E-state index in [0.717, 1.165) is 61.9 Å². The van der Waals surface area contributed by atoms with Crippen molar-refractivity contribution < 1.29 is 13.2 Å². The maximum absolute atomic E-state index is 13.7. The van der Waals surface area contributed by atoms with Crippen LogP contribution in [0.5, 0.6) is 0 Å². The Morgan fingerprint density at radius 1 is 0.469 bits per heavy atom. The summed E-state index contributed by atoms with van der Waals surface area (Å²) >= 11 is 0. The first-order valence-corrected chi connectivity index (χ1v) is 15.9. The van der Waals surface area contributed by atoms with E-state index < -0.39 is 11.7 Å². The Balaban J connectivity index is 1.40. The summed E-state index contributed by atoms with van der Waals surface area (Å²) in [6.07, 6.45) is -4.45. The van der Waals surface area contributed by atoms with Gasteiger partial charge in [0.1, 0.15) is 0 Å². The molecule has 2 heterocycles. The molecule has 238 valence electrons. The molecule has 0 atom stereocenters. The molecule has 4 nitrogen and oxygen atoms in total.